The third kappa shape index (κ3) is 6.70. The quantitative estimate of drug-likeness (QED) is 0.465. The molecule has 0 aromatic carbocycles. The molecule has 1 heterocycles. The minimum atomic E-state index is -2.64. The maximum Gasteiger partial charge on any atom is 0.272 e. The minimum absolute atomic E-state index is 0.0315. The third-order valence-corrected chi connectivity index (χ3v) is 3.56. The van der Waals surface area contributed by atoms with Gasteiger partial charge in [-0.25, -0.2) is 13.2 Å². The van der Waals surface area contributed by atoms with Gasteiger partial charge in [-0.15, -0.1) is 0 Å². The van der Waals surface area contributed by atoms with E-state index in [0.29, 0.717) is 13.1 Å². The van der Waals surface area contributed by atoms with Crippen molar-refractivity contribution in [3.8, 4) is 0 Å². The van der Waals surface area contributed by atoms with Gasteiger partial charge in [0.05, 0.1) is 6.04 Å². The molecule has 2 N–H and O–H groups in total. The Kier molecular flexibility index (Phi) is 8.91. The molecule has 1 rings (SSSR count). The molecule has 1 aliphatic rings. The number of hydrogen-bond acceptors (Lipinski definition) is 4. The fourth-order valence-corrected chi connectivity index (χ4v) is 2.42. The molecule has 0 bridgehead atoms. The summed E-state index contributed by atoms with van der Waals surface area (Å²) in [6.07, 6.45) is 6.18. The van der Waals surface area contributed by atoms with Crippen molar-refractivity contribution in [2.24, 2.45) is 0 Å². The second-order valence-electron chi connectivity index (χ2n) is 5.54. The van der Waals surface area contributed by atoms with Gasteiger partial charge in [-0.3, -0.25) is 0 Å². The second kappa shape index (κ2) is 10.7. The Labute approximate surface area is 147 Å². The highest BCUT2D eigenvalue weighted by molar-refractivity contribution is 5.30. The zero-order valence-corrected chi connectivity index (χ0v) is 14.9. The van der Waals surface area contributed by atoms with Crippen LogP contribution in [0.4, 0.5) is 13.2 Å². The molecule has 0 saturated heterocycles. The number of halogens is 3. The first-order chi connectivity index (χ1) is 11.9. The van der Waals surface area contributed by atoms with E-state index in [9.17, 15) is 13.2 Å². The average molecular weight is 357 g/mol. The third-order valence-electron chi connectivity index (χ3n) is 3.56. The number of hydrogen-bond donors (Lipinski definition) is 2. The predicted octanol–water partition coefficient (Wildman–Crippen LogP) is 3.10. The van der Waals surface area contributed by atoms with Gasteiger partial charge in [0, 0.05) is 26.3 Å². The van der Waals surface area contributed by atoms with E-state index in [1.54, 1.807) is 13.1 Å². The molecule has 0 aromatic rings. The fourth-order valence-electron chi connectivity index (χ4n) is 2.42. The molecule has 0 spiro atoms. The van der Waals surface area contributed by atoms with Crippen molar-refractivity contribution in [1.82, 2.24) is 15.5 Å². The molecular formula is C18H26F3N3O. The number of rotatable bonds is 10. The van der Waals surface area contributed by atoms with Crippen molar-refractivity contribution in [2.75, 3.05) is 33.8 Å². The Bertz CT molecular complexity index is 568. The molecule has 1 unspecified atom stereocenters. The molecule has 25 heavy (non-hydrogen) atoms. The largest absolute Gasteiger partial charge is 0.471 e. The first-order valence-electron chi connectivity index (χ1n) is 8.00. The normalized spacial score (nSPS) is 17.2. The number of nitrogens with one attached hydrogen (secondary N) is 2. The lowest BCUT2D eigenvalue weighted by Crippen LogP contribution is -2.30. The summed E-state index contributed by atoms with van der Waals surface area (Å²) in [6.45, 7) is 5.72. The monoisotopic (exact) mass is 357 g/mol. The van der Waals surface area contributed by atoms with Gasteiger partial charge < -0.3 is 20.3 Å². The van der Waals surface area contributed by atoms with Crippen molar-refractivity contribution < 1.29 is 17.9 Å². The summed E-state index contributed by atoms with van der Waals surface area (Å²) in [4.78, 5) is 1.48. The fraction of sp³-hybridized carbons (Fsp3) is 0.444. The van der Waals surface area contributed by atoms with E-state index in [-0.39, 0.29) is 11.9 Å². The van der Waals surface area contributed by atoms with E-state index < -0.39 is 18.9 Å². The molecular weight excluding hydrogens is 331 g/mol. The van der Waals surface area contributed by atoms with Gasteiger partial charge in [-0.2, -0.15) is 0 Å². The highest BCUT2D eigenvalue weighted by Crippen LogP contribution is 2.22. The summed E-state index contributed by atoms with van der Waals surface area (Å²) in [7, 11) is 3.45. The molecule has 7 heteroatoms. The van der Waals surface area contributed by atoms with Gasteiger partial charge in [-0.1, -0.05) is 24.8 Å². The smallest absolute Gasteiger partial charge is 0.272 e. The number of nitrogens with zero attached hydrogens (tertiary/aromatic N) is 1. The first-order valence-corrected chi connectivity index (χ1v) is 8.00. The lowest BCUT2D eigenvalue weighted by Gasteiger charge is -2.27. The Balaban J connectivity index is 2.72. The summed E-state index contributed by atoms with van der Waals surface area (Å²) < 4.78 is 43.3. The molecule has 0 saturated carbocycles. The first kappa shape index (κ1) is 20.9. The van der Waals surface area contributed by atoms with Gasteiger partial charge in [0.25, 0.3) is 6.43 Å². The number of likely N-dealkylation sites (N-methyl/N-ethyl adjacent to an activating group) is 2. The average Bonchev–Trinajstić information content (AvgIpc) is 2.56. The van der Waals surface area contributed by atoms with E-state index in [1.807, 2.05) is 32.3 Å². The minimum Gasteiger partial charge on any atom is -0.471 e. The van der Waals surface area contributed by atoms with E-state index in [0.717, 1.165) is 11.1 Å². The molecule has 0 radical (unpaired) electrons. The number of alkyl halides is 2. The number of allylic oxidation sites excluding steroid dienone is 3. The van der Waals surface area contributed by atoms with Crippen molar-refractivity contribution in [3.63, 3.8) is 0 Å². The lowest BCUT2D eigenvalue weighted by atomic mass is 10.1. The second-order valence-corrected chi connectivity index (χ2v) is 5.54. The van der Waals surface area contributed by atoms with Crippen LogP contribution in [-0.4, -0.2) is 51.2 Å². The Morgan fingerprint density at radius 3 is 2.72 bits per heavy atom. The summed E-state index contributed by atoms with van der Waals surface area (Å²) in [5.41, 5.74) is 1.72. The van der Waals surface area contributed by atoms with Crippen molar-refractivity contribution in [3.05, 3.63) is 59.9 Å². The standard InChI is InChI=1S/C18H26F3N3O/c1-5-7-16(22-3)14(6-2)10-23-9-13-8-15(19)18(24(4)11-13)25-12-17(20)21/h5-8,10,16-17,22-23H,2,9,11-12H2,1,3-4H3/b7-5-,14-10-. The lowest BCUT2D eigenvalue weighted by molar-refractivity contribution is 0.0202. The molecule has 0 aromatic heterocycles. The van der Waals surface area contributed by atoms with E-state index in [1.165, 1.54) is 11.0 Å². The van der Waals surface area contributed by atoms with Crippen LogP contribution in [0.25, 0.3) is 0 Å². The summed E-state index contributed by atoms with van der Waals surface area (Å²) in [5.74, 6) is -0.809. The van der Waals surface area contributed by atoms with E-state index in [4.69, 9.17) is 4.74 Å². The molecule has 4 nitrogen and oxygen atoms in total. The van der Waals surface area contributed by atoms with Gasteiger partial charge in [0.2, 0.25) is 5.88 Å². The highest BCUT2D eigenvalue weighted by Gasteiger charge is 2.20. The molecule has 140 valence electrons. The summed E-state index contributed by atoms with van der Waals surface area (Å²) in [5, 5.41) is 6.28. The van der Waals surface area contributed by atoms with Gasteiger partial charge in [0.1, 0.15) is 0 Å². The molecule has 1 atom stereocenters. The highest BCUT2D eigenvalue weighted by atomic mass is 19.3. The molecule has 0 aliphatic carbocycles. The Morgan fingerprint density at radius 2 is 2.20 bits per heavy atom. The van der Waals surface area contributed by atoms with Crippen LogP contribution in [0.2, 0.25) is 0 Å². The van der Waals surface area contributed by atoms with Crippen LogP contribution >= 0.6 is 0 Å². The van der Waals surface area contributed by atoms with Gasteiger partial charge in [0.15, 0.2) is 12.4 Å². The van der Waals surface area contributed by atoms with Crippen LogP contribution < -0.4 is 10.6 Å². The topological polar surface area (TPSA) is 36.5 Å². The Morgan fingerprint density at radius 1 is 1.48 bits per heavy atom. The molecule has 0 amide bonds. The summed E-state index contributed by atoms with van der Waals surface area (Å²) >= 11 is 0. The van der Waals surface area contributed by atoms with Crippen LogP contribution in [0.3, 0.4) is 0 Å². The summed E-state index contributed by atoms with van der Waals surface area (Å²) in [6, 6.07) is 0.0315. The van der Waals surface area contributed by atoms with E-state index >= 15 is 0 Å². The maximum atomic E-state index is 14.0. The molecule has 1 aliphatic heterocycles. The van der Waals surface area contributed by atoms with Crippen LogP contribution in [0.1, 0.15) is 6.92 Å². The van der Waals surface area contributed by atoms with Crippen molar-refractivity contribution in [1.29, 1.82) is 0 Å². The number of ether oxygens (including phenoxy) is 1. The van der Waals surface area contributed by atoms with Gasteiger partial charge in [-0.05, 0) is 31.2 Å². The van der Waals surface area contributed by atoms with Crippen LogP contribution in [0.15, 0.2) is 59.9 Å². The predicted molar refractivity (Wildman–Crippen MR) is 94.7 cm³/mol. The van der Waals surface area contributed by atoms with Crippen LogP contribution in [0, 0.1) is 0 Å². The van der Waals surface area contributed by atoms with Gasteiger partial charge >= 0.3 is 0 Å². The zero-order valence-electron chi connectivity index (χ0n) is 14.9. The van der Waals surface area contributed by atoms with Crippen LogP contribution in [0.5, 0.6) is 0 Å². The SMILES string of the molecule is C=C/C(=C/NCC1=CC(F)=C(OCC(F)F)N(C)C1)C(/C=C\C)NC. The van der Waals surface area contributed by atoms with Crippen LogP contribution in [-0.2, 0) is 4.74 Å². The Hall–Kier alpha value is -2.15. The molecule has 0 fully saturated rings. The van der Waals surface area contributed by atoms with Crippen molar-refractivity contribution in [2.45, 2.75) is 19.4 Å². The van der Waals surface area contributed by atoms with Crippen molar-refractivity contribution >= 4 is 0 Å². The maximum absolute atomic E-state index is 14.0. The zero-order chi connectivity index (χ0) is 18.8. The van der Waals surface area contributed by atoms with E-state index in [2.05, 4.69) is 17.2 Å².